The second kappa shape index (κ2) is 9.28. The Morgan fingerprint density at radius 2 is 1.56 bits per heavy atom. The van der Waals surface area contributed by atoms with E-state index < -0.39 is 10.0 Å². The number of rotatable bonds is 5. The number of nitrogens with one attached hydrogen (secondary N) is 1. The number of urea groups is 1. The Kier molecular flexibility index (Phi) is 6.42. The summed E-state index contributed by atoms with van der Waals surface area (Å²) in [6.45, 7) is 2.50. The van der Waals surface area contributed by atoms with E-state index in [1.807, 2.05) is 4.90 Å². The smallest absolute Gasteiger partial charge is 0.322 e. The molecular formula is C25H35N7O3S. The minimum absolute atomic E-state index is 0.0312. The highest BCUT2D eigenvalue weighted by molar-refractivity contribution is 7.88. The van der Waals surface area contributed by atoms with Gasteiger partial charge in [0.15, 0.2) is 0 Å². The highest BCUT2D eigenvalue weighted by Gasteiger charge is 2.50. The standard InChI is InChI=1S/C25H35N7O3S/c1-29(2)25(20-7-5-4-6-8-20)11-9-24(10-12-25)19-32(23(33)28-24)21-17-26-22(27-18-21)30-13-15-31(16-14-30)36(3,34)35/h4-8,17-18H,9-16,19H2,1-3H3,(H,28,33)/t24-,25-. The van der Waals surface area contributed by atoms with Crippen LogP contribution in [0.2, 0.25) is 0 Å². The van der Waals surface area contributed by atoms with Crippen LogP contribution in [0.4, 0.5) is 16.4 Å². The van der Waals surface area contributed by atoms with Gasteiger partial charge in [-0.2, -0.15) is 4.31 Å². The molecule has 0 bridgehead atoms. The molecule has 10 nitrogen and oxygen atoms in total. The van der Waals surface area contributed by atoms with Gasteiger partial charge in [0, 0.05) is 31.7 Å². The minimum Gasteiger partial charge on any atom is -0.338 e. The molecule has 1 N–H and O–H groups in total. The van der Waals surface area contributed by atoms with Crippen molar-refractivity contribution in [3.63, 3.8) is 0 Å². The number of hydrogen-bond acceptors (Lipinski definition) is 7. The van der Waals surface area contributed by atoms with Crippen LogP contribution in [0.3, 0.4) is 0 Å². The summed E-state index contributed by atoms with van der Waals surface area (Å²) in [6.07, 6.45) is 8.34. The molecule has 11 heteroatoms. The summed E-state index contributed by atoms with van der Waals surface area (Å²) in [4.78, 5) is 28.1. The van der Waals surface area contributed by atoms with Crippen molar-refractivity contribution < 1.29 is 13.2 Å². The van der Waals surface area contributed by atoms with Gasteiger partial charge in [-0.3, -0.25) is 9.80 Å². The SMILES string of the molecule is CN(C)[C@]1(c2ccccc2)CC[C@@]2(CC1)CN(c1cnc(N3CCN(S(C)(=O)=O)CC3)nc1)C(=O)N2. The van der Waals surface area contributed by atoms with Crippen molar-refractivity contribution in [2.45, 2.75) is 36.8 Å². The molecule has 3 aliphatic rings. The van der Waals surface area contributed by atoms with Gasteiger partial charge in [-0.05, 0) is 45.3 Å². The summed E-state index contributed by atoms with van der Waals surface area (Å²) in [5.74, 6) is 0.553. The molecule has 2 aromatic rings. The lowest BCUT2D eigenvalue weighted by Crippen LogP contribution is -2.54. The molecular weight excluding hydrogens is 478 g/mol. The fraction of sp³-hybridized carbons (Fsp3) is 0.560. The molecule has 36 heavy (non-hydrogen) atoms. The Bertz CT molecular complexity index is 1190. The molecule has 3 heterocycles. The highest BCUT2D eigenvalue weighted by atomic mass is 32.2. The van der Waals surface area contributed by atoms with Gasteiger partial charge in [0.2, 0.25) is 16.0 Å². The van der Waals surface area contributed by atoms with Crippen molar-refractivity contribution in [1.29, 1.82) is 0 Å². The van der Waals surface area contributed by atoms with E-state index in [0.717, 1.165) is 25.7 Å². The lowest BCUT2D eigenvalue weighted by molar-refractivity contribution is 0.0658. The third kappa shape index (κ3) is 4.55. The molecule has 1 aliphatic carbocycles. The molecule has 5 rings (SSSR count). The molecule has 1 aromatic carbocycles. The molecule has 0 atom stereocenters. The van der Waals surface area contributed by atoms with Crippen molar-refractivity contribution in [3.05, 3.63) is 48.3 Å². The van der Waals surface area contributed by atoms with Crippen molar-refractivity contribution in [2.75, 3.05) is 62.9 Å². The number of benzene rings is 1. The van der Waals surface area contributed by atoms with Crippen LogP contribution in [0.5, 0.6) is 0 Å². The van der Waals surface area contributed by atoms with Crippen LogP contribution in [0.25, 0.3) is 0 Å². The quantitative estimate of drug-likeness (QED) is 0.651. The highest BCUT2D eigenvalue weighted by Crippen LogP contribution is 2.46. The van der Waals surface area contributed by atoms with Crippen LogP contribution in [0.15, 0.2) is 42.7 Å². The average molecular weight is 514 g/mol. The Labute approximate surface area is 213 Å². The Morgan fingerprint density at radius 1 is 0.944 bits per heavy atom. The fourth-order valence-corrected chi connectivity index (χ4v) is 6.75. The van der Waals surface area contributed by atoms with E-state index >= 15 is 0 Å². The van der Waals surface area contributed by atoms with Gasteiger partial charge in [-0.1, -0.05) is 30.3 Å². The third-order valence-corrected chi connectivity index (χ3v) is 9.51. The molecule has 0 radical (unpaired) electrons. The molecule has 0 unspecified atom stereocenters. The van der Waals surface area contributed by atoms with Crippen molar-refractivity contribution in [3.8, 4) is 0 Å². The van der Waals surface area contributed by atoms with Crippen LogP contribution < -0.4 is 15.1 Å². The summed E-state index contributed by atoms with van der Waals surface area (Å²) in [6, 6.07) is 10.5. The number of sulfonamides is 1. The second-order valence-corrected chi connectivity index (χ2v) is 12.5. The Hall–Kier alpha value is -2.76. The maximum absolute atomic E-state index is 13.0. The van der Waals surface area contributed by atoms with E-state index in [2.05, 4.69) is 64.6 Å². The first-order valence-electron chi connectivity index (χ1n) is 12.5. The summed E-state index contributed by atoms with van der Waals surface area (Å²) >= 11 is 0. The Morgan fingerprint density at radius 3 is 2.11 bits per heavy atom. The van der Waals surface area contributed by atoms with Crippen LogP contribution in [-0.2, 0) is 15.6 Å². The maximum Gasteiger partial charge on any atom is 0.322 e. The molecule has 1 aromatic heterocycles. The maximum atomic E-state index is 13.0. The molecule has 1 spiro atoms. The van der Waals surface area contributed by atoms with Crippen LogP contribution in [-0.4, -0.2) is 92.2 Å². The summed E-state index contributed by atoms with van der Waals surface area (Å²) < 4.78 is 25.0. The first kappa shape index (κ1) is 24.9. The number of nitrogens with zero attached hydrogens (tertiary/aromatic N) is 6. The van der Waals surface area contributed by atoms with Gasteiger partial charge in [0.1, 0.15) is 0 Å². The summed E-state index contributed by atoms with van der Waals surface area (Å²) in [5, 5.41) is 3.28. The molecule has 3 fully saturated rings. The average Bonchev–Trinajstić information content (AvgIpc) is 3.20. The predicted octanol–water partition coefficient (Wildman–Crippen LogP) is 1.86. The van der Waals surface area contributed by atoms with Gasteiger partial charge in [0.25, 0.3) is 0 Å². The van der Waals surface area contributed by atoms with Gasteiger partial charge < -0.3 is 10.2 Å². The first-order valence-corrected chi connectivity index (χ1v) is 14.3. The van der Waals surface area contributed by atoms with Crippen LogP contribution in [0, 0.1) is 0 Å². The van der Waals surface area contributed by atoms with Crippen molar-refractivity contribution in [1.82, 2.24) is 24.5 Å². The number of piperazine rings is 1. The Balaban J connectivity index is 1.25. The van der Waals surface area contributed by atoms with E-state index in [4.69, 9.17) is 0 Å². The summed E-state index contributed by atoms with van der Waals surface area (Å²) in [5.41, 5.74) is 1.71. The largest absolute Gasteiger partial charge is 0.338 e. The number of anilines is 2. The van der Waals surface area contributed by atoms with E-state index in [0.29, 0.717) is 44.4 Å². The normalized spacial score (nSPS) is 27.6. The van der Waals surface area contributed by atoms with E-state index in [-0.39, 0.29) is 17.1 Å². The number of aromatic nitrogens is 2. The molecule has 2 aliphatic heterocycles. The zero-order valence-corrected chi connectivity index (χ0v) is 22.0. The van der Waals surface area contributed by atoms with Crippen molar-refractivity contribution in [2.24, 2.45) is 0 Å². The van der Waals surface area contributed by atoms with Crippen LogP contribution in [0.1, 0.15) is 31.2 Å². The van der Waals surface area contributed by atoms with Gasteiger partial charge >= 0.3 is 6.03 Å². The number of hydrogen-bond donors (Lipinski definition) is 1. The monoisotopic (exact) mass is 513 g/mol. The van der Waals surface area contributed by atoms with E-state index in [1.54, 1.807) is 17.3 Å². The third-order valence-electron chi connectivity index (χ3n) is 8.21. The zero-order valence-electron chi connectivity index (χ0n) is 21.2. The predicted molar refractivity (Wildman–Crippen MR) is 140 cm³/mol. The molecule has 2 saturated heterocycles. The summed E-state index contributed by atoms with van der Waals surface area (Å²) in [7, 11) is 1.10. The first-order chi connectivity index (χ1) is 17.1. The molecule has 1 saturated carbocycles. The number of carbonyl (C=O) groups is 1. The van der Waals surface area contributed by atoms with E-state index in [9.17, 15) is 13.2 Å². The molecule has 194 valence electrons. The topological polar surface area (TPSA) is 102 Å². The van der Waals surface area contributed by atoms with Crippen LogP contribution >= 0.6 is 0 Å². The second-order valence-electron chi connectivity index (χ2n) is 10.5. The van der Waals surface area contributed by atoms with Crippen molar-refractivity contribution >= 4 is 27.7 Å². The minimum atomic E-state index is -3.19. The number of carbonyl (C=O) groups excluding carboxylic acids is 1. The van der Waals surface area contributed by atoms with E-state index in [1.165, 1.54) is 16.1 Å². The van der Waals surface area contributed by atoms with Gasteiger partial charge in [-0.15, -0.1) is 0 Å². The van der Waals surface area contributed by atoms with Gasteiger partial charge in [-0.25, -0.2) is 23.2 Å². The lowest BCUT2D eigenvalue weighted by atomic mass is 9.69. The zero-order chi connectivity index (χ0) is 25.6. The molecule has 2 amide bonds. The number of amides is 2. The fourth-order valence-electron chi connectivity index (χ4n) is 5.92. The lowest BCUT2D eigenvalue weighted by Gasteiger charge is -2.48. The van der Waals surface area contributed by atoms with Gasteiger partial charge in [0.05, 0.1) is 36.4 Å².